The molecule has 4 rings (SSSR count). The van der Waals surface area contributed by atoms with Gasteiger partial charge in [-0.1, -0.05) is 0 Å². The van der Waals surface area contributed by atoms with Crippen LogP contribution in [-0.2, 0) is 6.54 Å². The lowest BCUT2D eigenvalue weighted by molar-refractivity contribution is 0.0267. The number of piperidine rings is 2. The van der Waals surface area contributed by atoms with Gasteiger partial charge >= 0.3 is 0 Å². The van der Waals surface area contributed by atoms with Crippen LogP contribution < -0.4 is 0 Å². The highest BCUT2D eigenvalue weighted by Crippen LogP contribution is 2.41. The van der Waals surface area contributed by atoms with Gasteiger partial charge in [-0.25, -0.2) is 4.98 Å². The first-order valence-corrected chi connectivity index (χ1v) is 9.47. The average Bonchev–Trinajstić information content (AvgIpc) is 3.09. The molecule has 6 heteroatoms. The van der Waals surface area contributed by atoms with Crippen molar-refractivity contribution in [2.24, 2.45) is 5.41 Å². The Bertz CT molecular complexity index is 740. The molecule has 4 heterocycles. The Morgan fingerprint density at radius 2 is 1.85 bits per heavy atom. The van der Waals surface area contributed by atoms with E-state index in [2.05, 4.69) is 20.9 Å². The Morgan fingerprint density at radius 3 is 2.46 bits per heavy atom. The monoisotopic (exact) mass is 354 g/mol. The number of carbonyl (C=O) groups excluding carboxylic acids is 1. The van der Waals surface area contributed by atoms with E-state index in [0.29, 0.717) is 11.1 Å². The number of aromatic nitrogens is 2. The summed E-state index contributed by atoms with van der Waals surface area (Å²) in [4.78, 5) is 25.1. The summed E-state index contributed by atoms with van der Waals surface area (Å²) in [5.41, 5.74) is 0.848. The Kier molecular flexibility index (Phi) is 4.76. The van der Waals surface area contributed by atoms with Crippen molar-refractivity contribution in [3.63, 3.8) is 0 Å². The molecular formula is C20H26N4O2. The van der Waals surface area contributed by atoms with Gasteiger partial charge in [0.1, 0.15) is 17.2 Å². The Balaban J connectivity index is 1.29. The van der Waals surface area contributed by atoms with Crippen molar-refractivity contribution in [1.29, 1.82) is 0 Å². The van der Waals surface area contributed by atoms with E-state index in [1.165, 1.54) is 12.8 Å². The second kappa shape index (κ2) is 7.19. The molecule has 0 saturated carbocycles. The standard InChI is InChI=1S/C20H26N4O2/c1-16-2-3-17(26-16)15-23-10-4-20(5-11-23)6-12-24(13-7-20)19(25)18-14-21-8-9-22-18/h2-3,8-9,14H,4-7,10-13,15H2,1H3. The van der Waals surface area contributed by atoms with Gasteiger partial charge in [-0.2, -0.15) is 0 Å². The highest BCUT2D eigenvalue weighted by Gasteiger charge is 2.38. The molecule has 6 nitrogen and oxygen atoms in total. The van der Waals surface area contributed by atoms with Crippen LogP contribution in [0.1, 0.15) is 47.7 Å². The summed E-state index contributed by atoms with van der Waals surface area (Å²) < 4.78 is 5.71. The van der Waals surface area contributed by atoms with Crippen molar-refractivity contribution in [1.82, 2.24) is 19.8 Å². The van der Waals surface area contributed by atoms with Gasteiger partial charge in [-0.3, -0.25) is 14.7 Å². The lowest BCUT2D eigenvalue weighted by Gasteiger charge is -2.46. The summed E-state index contributed by atoms with van der Waals surface area (Å²) in [5.74, 6) is 2.05. The van der Waals surface area contributed by atoms with Crippen LogP contribution >= 0.6 is 0 Å². The van der Waals surface area contributed by atoms with E-state index >= 15 is 0 Å². The molecule has 1 amide bonds. The maximum absolute atomic E-state index is 12.5. The topological polar surface area (TPSA) is 62.5 Å². The van der Waals surface area contributed by atoms with Crippen molar-refractivity contribution in [2.75, 3.05) is 26.2 Å². The molecular weight excluding hydrogens is 328 g/mol. The van der Waals surface area contributed by atoms with E-state index in [9.17, 15) is 4.79 Å². The molecule has 2 saturated heterocycles. The molecule has 26 heavy (non-hydrogen) atoms. The lowest BCUT2D eigenvalue weighted by atomic mass is 9.71. The van der Waals surface area contributed by atoms with Gasteiger partial charge in [0.2, 0.25) is 0 Å². The zero-order valence-corrected chi connectivity index (χ0v) is 15.4. The van der Waals surface area contributed by atoms with E-state index in [0.717, 1.165) is 57.1 Å². The van der Waals surface area contributed by atoms with Crippen molar-refractivity contribution >= 4 is 5.91 Å². The maximum Gasteiger partial charge on any atom is 0.274 e. The minimum Gasteiger partial charge on any atom is -0.465 e. The summed E-state index contributed by atoms with van der Waals surface area (Å²) in [7, 11) is 0. The van der Waals surface area contributed by atoms with Gasteiger partial charge in [0.05, 0.1) is 12.7 Å². The van der Waals surface area contributed by atoms with E-state index < -0.39 is 0 Å². The average molecular weight is 354 g/mol. The fourth-order valence-electron chi connectivity index (χ4n) is 4.23. The first-order valence-electron chi connectivity index (χ1n) is 9.47. The number of hydrogen-bond acceptors (Lipinski definition) is 5. The molecule has 2 aromatic rings. The lowest BCUT2D eigenvalue weighted by Crippen LogP contribution is -2.48. The number of furan rings is 1. The molecule has 0 atom stereocenters. The second-order valence-electron chi connectivity index (χ2n) is 7.67. The smallest absolute Gasteiger partial charge is 0.274 e. The summed E-state index contributed by atoms with van der Waals surface area (Å²) in [5, 5.41) is 0. The van der Waals surface area contributed by atoms with Gasteiger partial charge in [-0.15, -0.1) is 0 Å². The van der Waals surface area contributed by atoms with Crippen LogP contribution in [0.25, 0.3) is 0 Å². The fraction of sp³-hybridized carbons (Fsp3) is 0.550. The molecule has 0 unspecified atom stereocenters. The molecule has 1 spiro atoms. The Hall–Kier alpha value is -2.21. The first kappa shape index (κ1) is 17.2. The van der Waals surface area contributed by atoms with Gasteiger partial charge in [0, 0.05) is 25.5 Å². The molecule has 0 aromatic carbocycles. The first-order chi connectivity index (χ1) is 12.6. The Morgan fingerprint density at radius 1 is 1.12 bits per heavy atom. The summed E-state index contributed by atoms with van der Waals surface area (Å²) in [6.45, 7) is 6.77. The van der Waals surface area contributed by atoms with E-state index in [1.54, 1.807) is 18.6 Å². The van der Waals surface area contributed by atoms with Crippen LogP contribution in [-0.4, -0.2) is 51.9 Å². The number of amides is 1. The zero-order valence-electron chi connectivity index (χ0n) is 15.4. The number of likely N-dealkylation sites (tertiary alicyclic amines) is 2. The quantitative estimate of drug-likeness (QED) is 0.848. The number of carbonyl (C=O) groups is 1. The van der Waals surface area contributed by atoms with Gasteiger partial charge in [-0.05, 0) is 63.2 Å². The van der Waals surface area contributed by atoms with E-state index in [-0.39, 0.29) is 5.91 Å². The number of nitrogens with zero attached hydrogens (tertiary/aromatic N) is 4. The predicted octanol–water partition coefficient (Wildman–Crippen LogP) is 2.90. The Labute approximate surface area is 154 Å². The summed E-state index contributed by atoms with van der Waals surface area (Å²) in [6, 6.07) is 4.11. The van der Waals surface area contributed by atoms with Crippen LogP contribution in [0.3, 0.4) is 0 Å². The summed E-state index contributed by atoms with van der Waals surface area (Å²) in [6.07, 6.45) is 9.33. The van der Waals surface area contributed by atoms with Gasteiger partial charge in [0.15, 0.2) is 0 Å². The van der Waals surface area contributed by atoms with E-state index in [4.69, 9.17) is 4.42 Å². The second-order valence-corrected chi connectivity index (χ2v) is 7.67. The summed E-state index contributed by atoms with van der Waals surface area (Å²) >= 11 is 0. The molecule has 2 aromatic heterocycles. The third-order valence-electron chi connectivity index (χ3n) is 5.99. The highest BCUT2D eigenvalue weighted by atomic mass is 16.3. The molecule has 0 radical (unpaired) electrons. The predicted molar refractivity (Wildman–Crippen MR) is 97.6 cm³/mol. The largest absolute Gasteiger partial charge is 0.465 e. The molecule has 0 N–H and O–H groups in total. The van der Waals surface area contributed by atoms with Crippen LogP contribution in [0.15, 0.2) is 35.1 Å². The number of rotatable bonds is 3. The van der Waals surface area contributed by atoms with Gasteiger partial charge in [0.25, 0.3) is 5.91 Å². The minimum absolute atomic E-state index is 0.0126. The molecule has 2 aliphatic rings. The van der Waals surface area contributed by atoms with Crippen molar-refractivity contribution < 1.29 is 9.21 Å². The van der Waals surface area contributed by atoms with Crippen LogP contribution in [0, 0.1) is 12.3 Å². The van der Waals surface area contributed by atoms with Crippen molar-refractivity contribution in [2.45, 2.75) is 39.2 Å². The van der Waals surface area contributed by atoms with Gasteiger partial charge < -0.3 is 9.32 Å². The normalized spacial score (nSPS) is 20.4. The third-order valence-corrected chi connectivity index (χ3v) is 5.99. The molecule has 138 valence electrons. The van der Waals surface area contributed by atoms with Crippen molar-refractivity contribution in [3.8, 4) is 0 Å². The van der Waals surface area contributed by atoms with Crippen molar-refractivity contribution in [3.05, 3.63) is 47.9 Å². The third kappa shape index (κ3) is 3.65. The number of hydrogen-bond donors (Lipinski definition) is 0. The minimum atomic E-state index is 0.0126. The van der Waals surface area contributed by atoms with Crippen LogP contribution in [0.5, 0.6) is 0 Å². The van der Waals surface area contributed by atoms with Crippen LogP contribution in [0.4, 0.5) is 0 Å². The van der Waals surface area contributed by atoms with Crippen LogP contribution in [0.2, 0.25) is 0 Å². The maximum atomic E-state index is 12.5. The highest BCUT2D eigenvalue weighted by molar-refractivity contribution is 5.92. The molecule has 0 aliphatic carbocycles. The molecule has 2 aliphatic heterocycles. The van der Waals surface area contributed by atoms with E-state index in [1.807, 2.05) is 17.9 Å². The number of aryl methyl sites for hydroxylation is 1. The SMILES string of the molecule is Cc1ccc(CN2CCC3(CC2)CCN(C(=O)c2cnccn2)CC3)o1. The zero-order chi connectivity index (χ0) is 18.0. The molecule has 2 fully saturated rings. The fourth-order valence-corrected chi connectivity index (χ4v) is 4.23. The molecule has 0 bridgehead atoms.